The molecule has 98 valence electrons. The number of carboxylic acids is 1. The summed E-state index contributed by atoms with van der Waals surface area (Å²) < 4.78 is 1.91. The lowest BCUT2D eigenvalue weighted by Gasteiger charge is -2.12. The first kappa shape index (κ1) is 11.6. The fourth-order valence-corrected chi connectivity index (χ4v) is 2.45. The highest BCUT2D eigenvalue weighted by Gasteiger charge is 2.24. The maximum Gasteiger partial charge on any atom is 0.303 e. The van der Waals surface area contributed by atoms with Crippen LogP contribution < -0.4 is 5.73 Å². The molecule has 19 heavy (non-hydrogen) atoms. The molecule has 0 fully saturated rings. The van der Waals surface area contributed by atoms with Crippen molar-refractivity contribution in [2.75, 3.05) is 5.73 Å². The first-order valence-electron chi connectivity index (χ1n) is 5.98. The second-order valence-electron chi connectivity index (χ2n) is 4.63. The summed E-state index contributed by atoms with van der Waals surface area (Å²) in [5.74, 6) is -0.371. The Morgan fingerprint density at radius 1 is 1.42 bits per heavy atom. The van der Waals surface area contributed by atoms with Gasteiger partial charge in [-0.15, -0.1) is 0 Å². The molecule has 3 N–H and O–H groups in total. The number of carboxylic acid groups (broad SMARTS) is 1. The van der Waals surface area contributed by atoms with E-state index in [1.807, 2.05) is 16.7 Å². The number of rotatable bonds is 3. The van der Waals surface area contributed by atoms with Gasteiger partial charge < -0.3 is 15.4 Å². The largest absolute Gasteiger partial charge is 0.481 e. The van der Waals surface area contributed by atoms with Gasteiger partial charge in [-0.2, -0.15) is 0 Å². The Balaban J connectivity index is 1.89. The molecule has 2 heterocycles. The zero-order valence-corrected chi connectivity index (χ0v) is 10.1. The number of nitrogens with zero attached hydrogens (tertiary/aromatic N) is 4. The third kappa shape index (κ3) is 2.03. The van der Waals surface area contributed by atoms with E-state index in [0.717, 1.165) is 6.42 Å². The fourth-order valence-electron chi connectivity index (χ4n) is 2.45. The average molecular weight is 259 g/mol. The van der Waals surface area contributed by atoms with Crippen LogP contribution in [0, 0.1) is 5.92 Å². The first-order chi connectivity index (χ1) is 9.15. The van der Waals surface area contributed by atoms with E-state index in [-0.39, 0.29) is 18.4 Å². The minimum Gasteiger partial charge on any atom is -0.481 e. The van der Waals surface area contributed by atoms with E-state index in [1.165, 1.54) is 6.33 Å². The zero-order valence-electron chi connectivity index (χ0n) is 10.1. The minimum absolute atomic E-state index is 0.0548. The quantitative estimate of drug-likeness (QED) is 0.796. The van der Waals surface area contributed by atoms with Gasteiger partial charge in [0.25, 0.3) is 0 Å². The summed E-state index contributed by atoms with van der Waals surface area (Å²) in [4.78, 5) is 23.0. The molecule has 0 radical (unpaired) electrons. The van der Waals surface area contributed by atoms with E-state index in [4.69, 9.17) is 10.8 Å². The molecule has 0 saturated heterocycles. The van der Waals surface area contributed by atoms with Gasteiger partial charge in [-0.05, 0) is 12.3 Å². The van der Waals surface area contributed by atoms with Gasteiger partial charge in [0.1, 0.15) is 11.8 Å². The van der Waals surface area contributed by atoms with Crippen molar-refractivity contribution in [2.45, 2.75) is 18.9 Å². The molecule has 0 saturated carbocycles. The molecule has 0 aliphatic heterocycles. The van der Waals surface area contributed by atoms with Crippen LogP contribution in [-0.2, 0) is 4.79 Å². The molecule has 1 aliphatic carbocycles. The summed E-state index contributed by atoms with van der Waals surface area (Å²) in [5.41, 5.74) is 7.00. The van der Waals surface area contributed by atoms with E-state index < -0.39 is 5.97 Å². The predicted octanol–water partition coefficient (Wildman–Crippen LogP) is 1.00. The molecule has 2 aromatic rings. The van der Waals surface area contributed by atoms with E-state index in [9.17, 15) is 4.79 Å². The Morgan fingerprint density at radius 3 is 3.05 bits per heavy atom. The fraction of sp³-hybridized carbons (Fsp3) is 0.333. The number of hydrogen-bond donors (Lipinski definition) is 2. The summed E-state index contributed by atoms with van der Waals surface area (Å²) in [5, 5.41) is 8.81. The smallest absolute Gasteiger partial charge is 0.303 e. The summed E-state index contributed by atoms with van der Waals surface area (Å²) in [6.07, 6.45) is 7.90. The number of nitrogen functional groups attached to an aromatic ring is 1. The van der Waals surface area contributed by atoms with Crippen LogP contribution in [0.4, 0.5) is 5.82 Å². The number of fused-ring (bicyclic) bond motifs is 1. The van der Waals surface area contributed by atoms with Crippen molar-refractivity contribution in [1.82, 2.24) is 19.5 Å². The highest BCUT2D eigenvalue weighted by atomic mass is 16.4. The minimum atomic E-state index is -0.780. The number of anilines is 1. The Bertz CT molecular complexity index is 663. The summed E-state index contributed by atoms with van der Waals surface area (Å²) in [6.45, 7) is 0. The molecule has 7 heteroatoms. The lowest BCUT2D eigenvalue weighted by atomic mass is 10.0. The second-order valence-corrected chi connectivity index (χ2v) is 4.63. The maximum absolute atomic E-state index is 10.7. The highest BCUT2D eigenvalue weighted by molar-refractivity contribution is 5.81. The molecule has 2 atom stereocenters. The standard InChI is InChI=1S/C12H13N5O2/c13-11-10-12(15-5-14-11)17(6-16-10)8-2-1-7(3-8)4-9(18)19/h1-2,5-8H,3-4H2,(H,18,19)(H2,13,14,15)/t7?,8-/m1/s1. The van der Waals surface area contributed by atoms with Crippen LogP contribution in [0.5, 0.6) is 0 Å². The summed E-state index contributed by atoms with van der Waals surface area (Å²) >= 11 is 0. The third-order valence-corrected chi connectivity index (χ3v) is 3.33. The number of carbonyl (C=O) groups is 1. The number of imidazole rings is 1. The Labute approximate surface area is 108 Å². The molecular weight excluding hydrogens is 246 g/mol. The molecule has 0 amide bonds. The van der Waals surface area contributed by atoms with Crippen molar-refractivity contribution in [1.29, 1.82) is 0 Å². The Hall–Kier alpha value is -2.44. The average Bonchev–Trinajstić information content (AvgIpc) is 2.95. The lowest BCUT2D eigenvalue weighted by molar-refractivity contribution is -0.137. The van der Waals surface area contributed by atoms with Crippen LogP contribution in [0.25, 0.3) is 11.2 Å². The molecule has 0 bridgehead atoms. The number of nitrogens with two attached hydrogens (primary N) is 1. The highest BCUT2D eigenvalue weighted by Crippen LogP contribution is 2.32. The van der Waals surface area contributed by atoms with Gasteiger partial charge in [0.2, 0.25) is 0 Å². The van der Waals surface area contributed by atoms with Gasteiger partial charge in [0.15, 0.2) is 11.5 Å². The topological polar surface area (TPSA) is 107 Å². The van der Waals surface area contributed by atoms with Crippen LogP contribution in [0.3, 0.4) is 0 Å². The van der Waals surface area contributed by atoms with E-state index in [1.54, 1.807) is 6.33 Å². The van der Waals surface area contributed by atoms with E-state index >= 15 is 0 Å². The van der Waals surface area contributed by atoms with Crippen molar-refractivity contribution in [3.8, 4) is 0 Å². The summed E-state index contributed by atoms with van der Waals surface area (Å²) in [6, 6.07) is 0.0728. The number of aliphatic carboxylic acids is 1. The Kier molecular flexibility index (Phi) is 2.66. The van der Waals surface area contributed by atoms with Gasteiger partial charge >= 0.3 is 5.97 Å². The van der Waals surface area contributed by atoms with Crippen LogP contribution >= 0.6 is 0 Å². The number of aromatic nitrogens is 4. The van der Waals surface area contributed by atoms with Crippen LogP contribution in [0.1, 0.15) is 18.9 Å². The van der Waals surface area contributed by atoms with E-state index in [2.05, 4.69) is 15.0 Å². The SMILES string of the molecule is Nc1ncnc2c1ncn2[C@@H]1C=CC(CC(=O)O)C1. The molecule has 7 nitrogen and oxygen atoms in total. The van der Waals surface area contributed by atoms with Crippen molar-refractivity contribution in [3.05, 3.63) is 24.8 Å². The van der Waals surface area contributed by atoms with Gasteiger partial charge in [-0.3, -0.25) is 4.79 Å². The molecule has 0 aromatic carbocycles. The summed E-state index contributed by atoms with van der Waals surface area (Å²) in [7, 11) is 0. The maximum atomic E-state index is 10.7. The number of allylic oxidation sites excluding steroid dienone is 2. The van der Waals surface area contributed by atoms with Crippen LogP contribution in [-0.4, -0.2) is 30.6 Å². The van der Waals surface area contributed by atoms with Crippen molar-refractivity contribution in [2.24, 2.45) is 5.92 Å². The molecule has 3 rings (SSSR count). The molecule has 0 spiro atoms. The normalized spacial score (nSPS) is 22.1. The molecule has 2 aromatic heterocycles. The molecule has 1 unspecified atom stereocenters. The monoisotopic (exact) mass is 259 g/mol. The van der Waals surface area contributed by atoms with Gasteiger partial charge in [0.05, 0.1) is 18.8 Å². The van der Waals surface area contributed by atoms with Crippen LogP contribution in [0.2, 0.25) is 0 Å². The van der Waals surface area contributed by atoms with Crippen molar-refractivity contribution < 1.29 is 9.90 Å². The lowest BCUT2D eigenvalue weighted by Crippen LogP contribution is -2.08. The van der Waals surface area contributed by atoms with Crippen LogP contribution in [0.15, 0.2) is 24.8 Å². The third-order valence-electron chi connectivity index (χ3n) is 3.33. The molecule has 1 aliphatic rings. The number of hydrogen-bond acceptors (Lipinski definition) is 5. The van der Waals surface area contributed by atoms with Gasteiger partial charge in [-0.1, -0.05) is 12.2 Å². The molecular formula is C12H13N5O2. The van der Waals surface area contributed by atoms with Crippen molar-refractivity contribution >= 4 is 23.0 Å². The first-order valence-corrected chi connectivity index (χ1v) is 5.98. The van der Waals surface area contributed by atoms with Gasteiger partial charge in [0, 0.05) is 0 Å². The van der Waals surface area contributed by atoms with Crippen molar-refractivity contribution in [3.63, 3.8) is 0 Å². The van der Waals surface area contributed by atoms with Gasteiger partial charge in [-0.25, -0.2) is 15.0 Å². The second kappa shape index (κ2) is 4.34. The zero-order chi connectivity index (χ0) is 13.4. The van der Waals surface area contributed by atoms with E-state index in [0.29, 0.717) is 17.0 Å². The Morgan fingerprint density at radius 2 is 2.26 bits per heavy atom. The predicted molar refractivity (Wildman–Crippen MR) is 68.3 cm³/mol.